The molecule has 1 aliphatic rings. The van der Waals surface area contributed by atoms with E-state index < -0.39 is 5.97 Å². The maximum absolute atomic E-state index is 12.4. The van der Waals surface area contributed by atoms with E-state index in [1.807, 2.05) is 13.8 Å². The molecule has 26 heavy (non-hydrogen) atoms. The number of unbranched alkanes of at least 4 members (excludes halogenated alkanes) is 1. The lowest BCUT2D eigenvalue weighted by atomic mass is 10.2. The van der Waals surface area contributed by atoms with Crippen molar-refractivity contribution in [1.29, 1.82) is 0 Å². The fourth-order valence-corrected chi connectivity index (χ4v) is 4.42. The number of thiophene rings is 1. The van der Waals surface area contributed by atoms with Gasteiger partial charge >= 0.3 is 5.97 Å². The van der Waals surface area contributed by atoms with Crippen LogP contribution in [0.4, 0.5) is 0 Å². The summed E-state index contributed by atoms with van der Waals surface area (Å²) in [4.78, 5) is 37.2. The summed E-state index contributed by atoms with van der Waals surface area (Å²) in [7, 11) is 0. The smallest absolute Gasteiger partial charge is 0.303 e. The van der Waals surface area contributed by atoms with Crippen molar-refractivity contribution < 1.29 is 9.90 Å². The van der Waals surface area contributed by atoms with Crippen LogP contribution in [0.25, 0.3) is 10.2 Å². The first-order valence-electron chi connectivity index (χ1n) is 9.09. The molecule has 3 rings (SSSR count). The van der Waals surface area contributed by atoms with Crippen LogP contribution in [0.2, 0.25) is 0 Å². The van der Waals surface area contributed by atoms with Crippen LogP contribution in [0.3, 0.4) is 0 Å². The minimum atomic E-state index is -0.718. The zero-order chi connectivity index (χ0) is 18.7. The van der Waals surface area contributed by atoms with Crippen molar-refractivity contribution in [3.8, 4) is 0 Å². The zero-order valence-corrected chi connectivity index (χ0v) is 16.2. The van der Waals surface area contributed by atoms with E-state index in [0.29, 0.717) is 6.54 Å². The molecule has 0 saturated carbocycles. The SMILES string of the molecule is Cc1sc2nc(CN3CCN(CCCCC(=O)O)CC3)[nH]c(=O)c2c1C. The van der Waals surface area contributed by atoms with Crippen molar-refractivity contribution >= 4 is 27.5 Å². The lowest BCUT2D eigenvalue weighted by molar-refractivity contribution is -0.137. The molecule has 0 aromatic carbocycles. The average Bonchev–Trinajstić information content (AvgIpc) is 2.87. The van der Waals surface area contributed by atoms with Gasteiger partial charge < -0.3 is 15.0 Å². The van der Waals surface area contributed by atoms with Crippen molar-refractivity contribution in [1.82, 2.24) is 19.8 Å². The van der Waals surface area contributed by atoms with Crippen LogP contribution in [0.5, 0.6) is 0 Å². The van der Waals surface area contributed by atoms with Crippen molar-refractivity contribution in [2.24, 2.45) is 0 Å². The van der Waals surface area contributed by atoms with Gasteiger partial charge in [-0.1, -0.05) is 0 Å². The Bertz CT molecular complexity index is 837. The molecule has 1 aliphatic heterocycles. The number of nitrogens with zero attached hydrogens (tertiary/aromatic N) is 3. The van der Waals surface area contributed by atoms with Gasteiger partial charge in [-0.3, -0.25) is 14.5 Å². The fraction of sp³-hybridized carbons (Fsp3) is 0.611. The third kappa shape index (κ3) is 4.49. The normalized spacial score (nSPS) is 16.4. The van der Waals surface area contributed by atoms with Gasteiger partial charge in [-0.25, -0.2) is 4.98 Å². The Labute approximate surface area is 156 Å². The molecule has 0 bridgehead atoms. The summed E-state index contributed by atoms with van der Waals surface area (Å²) in [5.41, 5.74) is 0.991. The number of hydrogen-bond acceptors (Lipinski definition) is 6. The number of piperazine rings is 1. The highest BCUT2D eigenvalue weighted by atomic mass is 32.1. The van der Waals surface area contributed by atoms with Crippen LogP contribution in [-0.2, 0) is 11.3 Å². The second-order valence-corrected chi connectivity index (χ2v) is 8.15. The van der Waals surface area contributed by atoms with Gasteiger partial charge in [-0.15, -0.1) is 11.3 Å². The van der Waals surface area contributed by atoms with Gasteiger partial charge in [0.1, 0.15) is 10.7 Å². The Morgan fingerprint density at radius 3 is 2.58 bits per heavy atom. The quantitative estimate of drug-likeness (QED) is 0.716. The molecule has 0 unspecified atom stereocenters. The lowest BCUT2D eigenvalue weighted by Crippen LogP contribution is -2.46. The molecule has 1 saturated heterocycles. The number of aromatic nitrogens is 2. The molecular weight excluding hydrogens is 352 g/mol. The van der Waals surface area contributed by atoms with E-state index in [2.05, 4.69) is 19.8 Å². The molecule has 1 fully saturated rings. The maximum Gasteiger partial charge on any atom is 0.303 e. The van der Waals surface area contributed by atoms with E-state index in [0.717, 1.165) is 72.0 Å². The Morgan fingerprint density at radius 1 is 1.19 bits per heavy atom. The number of aliphatic carboxylic acids is 1. The number of H-pyrrole nitrogens is 1. The van der Waals surface area contributed by atoms with Crippen molar-refractivity contribution in [3.05, 3.63) is 26.6 Å². The second-order valence-electron chi connectivity index (χ2n) is 6.94. The molecule has 2 aromatic rings. The summed E-state index contributed by atoms with van der Waals surface area (Å²) in [6, 6.07) is 0. The Kier molecular flexibility index (Phi) is 6.05. The van der Waals surface area contributed by atoms with Gasteiger partial charge in [0.25, 0.3) is 5.56 Å². The Balaban J connectivity index is 1.52. The number of carboxylic acids is 1. The van der Waals surface area contributed by atoms with Crippen LogP contribution < -0.4 is 5.56 Å². The average molecular weight is 378 g/mol. The first-order chi connectivity index (χ1) is 12.4. The summed E-state index contributed by atoms with van der Waals surface area (Å²) in [5.74, 6) is 0.0167. The lowest BCUT2D eigenvalue weighted by Gasteiger charge is -2.34. The predicted octanol–water partition coefficient (Wildman–Crippen LogP) is 1.97. The topological polar surface area (TPSA) is 89.5 Å². The molecule has 0 spiro atoms. The maximum atomic E-state index is 12.4. The van der Waals surface area contributed by atoms with Gasteiger partial charge in [-0.2, -0.15) is 0 Å². The molecule has 2 N–H and O–H groups in total. The summed E-state index contributed by atoms with van der Waals surface area (Å²) in [6.45, 7) is 9.42. The van der Waals surface area contributed by atoms with Crippen molar-refractivity contribution in [3.63, 3.8) is 0 Å². The van der Waals surface area contributed by atoms with Gasteiger partial charge in [0, 0.05) is 37.5 Å². The minimum Gasteiger partial charge on any atom is -0.481 e. The van der Waals surface area contributed by atoms with E-state index in [1.54, 1.807) is 11.3 Å². The van der Waals surface area contributed by atoms with E-state index in [9.17, 15) is 9.59 Å². The number of hydrogen-bond donors (Lipinski definition) is 2. The third-order valence-electron chi connectivity index (χ3n) is 5.04. The number of nitrogens with one attached hydrogen (secondary N) is 1. The van der Waals surface area contributed by atoms with Gasteiger partial charge in [-0.05, 0) is 38.8 Å². The Hall–Kier alpha value is -1.77. The van der Waals surface area contributed by atoms with E-state index in [1.165, 1.54) is 0 Å². The summed E-state index contributed by atoms with van der Waals surface area (Å²) in [5, 5.41) is 9.40. The molecule has 0 radical (unpaired) electrons. The highest BCUT2D eigenvalue weighted by molar-refractivity contribution is 7.18. The monoisotopic (exact) mass is 378 g/mol. The number of rotatable bonds is 7. The fourth-order valence-electron chi connectivity index (χ4n) is 3.37. The summed E-state index contributed by atoms with van der Waals surface area (Å²) in [6.07, 6.45) is 1.92. The molecule has 142 valence electrons. The van der Waals surface area contributed by atoms with Crippen molar-refractivity contribution in [2.45, 2.75) is 39.7 Å². The number of aromatic amines is 1. The second kappa shape index (κ2) is 8.28. The third-order valence-corrected chi connectivity index (χ3v) is 6.14. The molecule has 0 amide bonds. The summed E-state index contributed by atoms with van der Waals surface area (Å²) < 4.78 is 0. The van der Waals surface area contributed by atoms with Crippen LogP contribution in [0.15, 0.2) is 4.79 Å². The van der Waals surface area contributed by atoms with Crippen molar-refractivity contribution in [2.75, 3.05) is 32.7 Å². The van der Waals surface area contributed by atoms with Crippen LogP contribution >= 0.6 is 11.3 Å². The number of aryl methyl sites for hydroxylation is 2. The molecule has 3 heterocycles. The molecular formula is C18H26N4O3S. The minimum absolute atomic E-state index is 0.0380. The molecule has 2 aromatic heterocycles. The van der Waals surface area contributed by atoms with E-state index >= 15 is 0 Å². The van der Waals surface area contributed by atoms with Crippen LogP contribution in [0, 0.1) is 13.8 Å². The van der Waals surface area contributed by atoms with Crippen LogP contribution in [-0.4, -0.2) is 63.6 Å². The molecule has 7 nitrogen and oxygen atoms in total. The van der Waals surface area contributed by atoms with E-state index in [4.69, 9.17) is 5.11 Å². The van der Waals surface area contributed by atoms with Gasteiger partial charge in [0.15, 0.2) is 0 Å². The first kappa shape index (κ1) is 19.0. The number of carboxylic acid groups (broad SMARTS) is 1. The molecule has 0 aliphatic carbocycles. The molecule has 0 atom stereocenters. The van der Waals surface area contributed by atoms with E-state index in [-0.39, 0.29) is 12.0 Å². The molecule has 8 heteroatoms. The first-order valence-corrected chi connectivity index (χ1v) is 9.91. The summed E-state index contributed by atoms with van der Waals surface area (Å²) >= 11 is 1.58. The van der Waals surface area contributed by atoms with Gasteiger partial charge in [0.2, 0.25) is 0 Å². The standard InChI is InChI=1S/C18H26N4O3S/c1-12-13(2)26-18-16(12)17(25)19-14(20-18)11-22-9-7-21(8-10-22)6-4-3-5-15(23)24/h3-11H2,1-2H3,(H,23,24)(H,19,20,25). The highest BCUT2D eigenvalue weighted by Gasteiger charge is 2.18. The van der Waals surface area contributed by atoms with Gasteiger partial charge in [0.05, 0.1) is 11.9 Å². The highest BCUT2D eigenvalue weighted by Crippen LogP contribution is 2.25. The number of carbonyl (C=O) groups is 1. The predicted molar refractivity (Wildman–Crippen MR) is 103 cm³/mol. The zero-order valence-electron chi connectivity index (χ0n) is 15.4. The largest absolute Gasteiger partial charge is 0.481 e. The Morgan fingerprint density at radius 2 is 1.88 bits per heavy atom. The number of fused-ring (bicyclic) bond motifs is 1. The van der Waals surface area contributed by atoms with Crippen LogP contribution in [0.1, 0.15) is 35.5 Å².